The lowest BCUT2D eigenvalue weighted by Gasteiger charge is -2.26. The van der Waals surface area contributed by atoms with Gasteiger partial charge in [-0.3, -0.25) is 0 Å². The Morgan fingerprint density at radius 2 is 2.00 bits per heavy atom. The highest BCUT2D eigenvalue weighted by Crippen LogP contribution is 2.17. The van der Waals surface area contributed by atoms with E-state index in [2.05, 4.69) is 12.2 Å². The van der Waals surface area contributed by atoms with Crippen molar-refractivity contribution in [1.29, 1.82) is 0 Å². The monoisotopic (exact) mass is 214 g/mol. The lowest BCUT2D eigenvalue weighted by atomic mass is 9.93. The average Bonchev–Trinajstić information content (AvgIpc) is 1.75. The van der Waals surface area contributed by atoms with Crippen molar-refractivity contribution in [2.75, 3.05) is 6.54 Å². The molecule has 1 saturated carbocycles. The molecule has 0 heterocycles. The minimum Gasteiger partial charge on any atom is -0.328 e. The Morgan fingerprint density at radius 3 is 2.33 bits per heavy atom. The number of hydrogen-bond acceptors (Lipinski definition) is 2. The highest BCUT2D eigenvalue weighted by molar-refractivity contribution is 5.85. The molecule has 4 heteroatoms. The van der Waals surface area contributed by atoms with Crippen LogP contribution in [0.5, 0.6) is 0 Å². The van der Waals surface area contributed by atoms with E-state index >= 15 is 0 Å². The first-order valence-corrected chi connectivity index (χ1v) is 4.28. The number of nitrogens with one attached hydrogen (secondary N) is 1. The standard InChI is InChI=1S/C8H18N2.2ClH/c1-7(9)5-6-10-8-3-2-4-8;;/h7-8,10H,2-6,9H2,1H3;2*1H/t7-;;/m0../s1. The zero-order valence-corrected chi connectivity index (χ0v) is 9.22. The van der Waals surface area contributed by atoms with Gasteiger partial charge in [-0.1, -0.05) is 6.42 Å². The van der Waals surface area contributed by atoms with Gasteiger partial charge in [-0.05, 0) is 32.7 Å². The maximum atomic E-state index is 5.60. The zero-order chi connectivity index (χ0) is 7.40. The summed E-state index contributed by atoms with van der Waals surface area (Å²) in [7, 11) is 0. The molecule has 0 aromatic rings. The van der Waals surface area contributed by atoms with Crippen LogP contribution in [0.1, 0.15) is 32.6 Å². The third kappa shape index (κ3) is 6.06. The summed E-state index contributed by atoms with van der Waals surface area (Å²) in [5.41, 5.74) is 5.60. The Balaban J connectivity index is 0. The first-order chi connectivity index (χ1) is 4.79. The molecule has 0 aromatic heterocycles. The third-order valence-corrected chi connectivity index (χ3v) is 2.14. The molecule has 0 bridgehead atoms. The molecule has 1 atom stereocenters. The van der Waals surface area contributed by atoms with Crippen molar-refractivity contribution in [1.82, 2.24) is 5.32 Å². The van der Waals surface area contributed by atoms with Gasteiger partial charge in [-0.25, -0.2) is 0 Å². The Bertz CT molecular complexity index is 95.1. The predicted octanol–water partition coefficient (Wildman–Crippen LogP) is 1.71. The van der Waals surface area contributed by atoms with Crippen LogP contribution in [0, 0.1) is 0 Å². The van der Waals surface area contributed by atoms with Crippen LogP contribution in [0.15, 0.2) is 0 Å². The average molecular weight is 215 g/mol. The van der Waals surface area contributed by atoms with E-state index in [9.17, 15) is 0 Å². The van der Waals surface area contributed by atoms with Crippen LogP contribution in [0.3, 0.4) is 0 Å². The van der Waals surface area contributed by atoms with Crippen molar-refractivity contribution in [3.05, 3.63) is 0 Å². The second kappa shape index (κ2) is 8.11. The Labute approximate surface area is 87.5 Å². The minimum atomic E-state index is 0. The minimum absolute atomic E-state index is 0. The van der Waals surface area contributed by atoms with Crippen molar-refractivity contribution in [2.45, 2.75) is 44.7 Å². The SMILES string of the molecule is C[C@H](N)CCNC1CCC1.Cl.Cl. The summed E-state index contributed by atoms with van der Waals surface area (Å²) in [6.07, 6.45) is 5.27. The van der Waals surface area contributed by atoms with Gasteiger partial charge in [-0.15, -0.1) is 24.8 Å². The van der Waals surface area contributed by atoms with Crippen molar-refractivity contribution in [3.8, 4) is 0 Å². The maximum Gasteiger partial charge on any atom is 0.00670 e. The van der Waals surface area contributed by atoms with E-state index < -0.39 is 0 Å². The molecule has 76 valence electrons. The van der Waals surface area contributed by atoms with Crippen LogP contribution >= 0.6 is 24.8 Å². The summed E-state index contributed by atoms with van der Waals surface area (Å²) >= 11 is 0. The van der Waals surface area contributed by atoms with Gasteiger partial charge >= 0.3 is 0 Å². The first kappa shape index (κ1) is 15.0. The van der Waals surface area contributed by atoms with Crippen LogP contribution in [0.25, 0.3) is 0 Å². The molecular weight excluding hydrogens is 195 g/mol. The fourth-order valence-corrected chi connectivity index (χ4v) is 1.13. The number of halogens is 2. The highest BCUT2D eigenvalue weighted by atomic mass is 35.5. The third-order valence-electron chi connectivity index (χ3n) is 2.14. The van der Waals surface area contributed by atoms with E-state index in [4.69, 9.17) is 5.73 Å². The van der Waals surface area contributed by atoms with Gasteiger partial charge < -0.3 is 11.1 Å². The van der Waals surface area contributed by atoms with Gasteiger partial charge in [0.2, 0.25) is 0 Å². The van der Waals surface area contributed by atoms with Crippen LogP contribution in [-0.4, -0.2) is 18.6 Å². The predicted molar refractivity (Wildman–Crippen MR) is 58.4 cm³/mol. The van der Waals surface area contributed by atoms with E-state index in [0.717, 1.165) is 19.0 Å². The Hall–Kier alpha value is 0.500. The molecule has 0 radical (unpaired) electrons. The summed E-state index contributed by atoms with van der Waals surface area (Å²) in [6.45, 7) is 3.16. The second-order valence-corrected chi connectivity index (χ2v) is 3.35. The first-order valence-electron chi connectivity index (χ1n) is 4.28. The van der Waals surface area contributed by atoms with Gasteiger partial charge in [0.1, 0.15) is 0 Å². The van der Waals surface area contributed by atoms with Crippen molar-refractivity contribution in [3.63, 3.8) is 0 Å². The Morgan fingerprint density at radius 1 is 1.42 bits per heavy atom. The van der Waals surface area contributed by atoms with Crippen molar-refractivity contribution < 1.29 is 0 Å². The van der Waals surface area contributed by atoms with Gasteiger partial charge in [0.05, 0.1) is 0 Å². The van der Waals surface area contributed by atoms with Gasteiger partial charge in [0, 0.05) is 12.1 Å². The van der Waals surface area contributed by atoms with Crippen LogP contribution < -0.4 is 11.1 Å². The van der Waals surface area contributed by atoms with E-state index in [1.807, 2.05) is 0 Å². The van der Waals surface area contributed by atoms with Gasteiger partial charge in [-0.2, -0.15) is 0 Å². The largest absolute Gasteiger partial charge is 0.328 e. The number of nitrogens with two attached hydrogens (primary N) is 1. The van der Waals surface area contributed by atoms with Gasteiger partial charge in [0.15, 0.2) is 0 Å². The lowest BCUT2D eigenvalue weighted by molar-refractivity contribution is 0.336. The molecule has 1 aliphatic rings. The molecule has 1 rings (SSSR count). The lowest BCUT2D eigenvalue weighted by Crippen LogP contribution is -2.37. The topological polar surface area (TPSA) is 38.0 Å². The van der Waals surface area contributed by atoms with E-state index in [-0.39, 0.29) is 24.8 Å². The molecule has 1 fully saturated rings. The van der Waals surface area contributed by atoms with Gasteiger partial charge in [0.25, 0.3) is 0 Å². The fourth-order valence-electron chi connectivity index (χ4n) is 1.13. The molecule has 0 aliphatic heterocycles. The molecule has 0 unspecified atom stereocenters. The molecule has 12 heavy (non-hydrogen) atoms. The van der Waals surface area contributed by atoms with E-state index in [1.54, 1.807) is 0 Å². The molecular formula is C8H20Cl2N2. The highest BCUT2D eigenvalue weighted by Gasteiger charge is 2.15. The quantitative estimate of drug-likeness (QED) is 0.749. The summed E-state index contributed by atoms with van der Waals surface area (Å²) in [5, 5.41) is 3.47. The summed E-state index contributed by atoms with van der Waals surface area (Å²) in [5.74, 6) is 0. The summed E-state index contributed by atoms with van der Waals surface area (Å²) in [4.78, 5) is 0. The smallest absolute Gasteiger partial charge is 0.00670 e. The number of hydrogen-bond donors (Lipinski definition) is 2. The fraction of sp³-hybridized carbons (Fsp3) is 1.00. The van der Waals surface area contributed by atoms with Crippen molar-refractivity contribution >= 4 is 24.8 Å². The molecule has 0 saturated heterocycles. The molecule has 2 nitrogen and oxygen atoms in total. The maximum absolute atomic E-state index is 5.60. The second-order valence-electron chi connectivity index (χ2n) is 3.35. The molecule has 1 aliphatic carbocycles. The summed E-state index contributed by atoms with van der Waals surface area (Å²) < 4.78 is 0. The van der Waals surface area contributed by atoms with E-state index in [1.165, 1.54) is 19.3 Å². The number of rotatable bonds is 4. The summed E-state index contributed by atoms with van der Waals surface area (Å²) in [6, 6.07) is 1.17. The van der Waals surface area contributed by atoms with Crippen molar-refractivity contribution in [2.24, 2.45) is 5.73 Å². The molecule has 0 amide bonds. The van der Waals surface area contributed by atoms with E-state index in [0.29, 0.717) is 6.04 Å². The molecule has 3 N–H and O–H groups in total. The molecule has 0 aromatic carbocycles. The normalized spacial score (nSPS) is 18.5. The van der Waals surface area contributed by atoms with Crippen LogP contribution in [0.2, 0.25) is 0 Å². The Kier molecular flexibility index (Phi) is 10.1. The van der Waals surface area contributed by atoms with Crippen LogP contribution in [0.4, 0.5) is 0 Å². The molecule has 0 spiro atoms. The zero-order valence-electron chi connectivity index (χ0n) is 7.58. The van der Waals surface area contributed by atoms with Crippen LogP contribution in [-0.2, 0) is 0 Å².